The van der Waals surface area contributed by atoms with E-state index in [0.717, 1.165) is 6.04 Å². The van der Waals surface area contributed by atoms with Crippen molar-refractivity contribution in [3.8, 4) is 0 Å². The van der Waals surface area contributed by atoms with Crippen LogP contribution >= 0.6 is 17.0 Å². The Bertz CT molecular complexity index is 159. The number of hydrogen-bond donors (Lipinski definition) is 0. The third kappa shape index (κ3) is 14.7. The highest BCUT2D eigenvalue weighted by Crippen LogP contribution is 2.14. The minimum Gasteiger partial charge on any atom is -0.306 e. The van der Waals surface area contributed by atoms with Gasteiger partial charge >= 0.3 is 0 Å². The molecule has 0 rings (SSSR count). The van der Waals surface area contributed by atoms with Crippen molar-refractivity contribution in [3.63, 3.8) is 0 Å². The SMILES string of the molecule is Br.CCCCCCCCCCCCC(CC)N(C)C. The minimum atomic E-state index is 0. The Labute approximate surface area is 133 Å². The summed E-state index contributed by atoms with van der Waals surface area (Å²) in [5.41, 5.74) is 0. The Balaban J connectivity index is 0. The Morgan fingerprint density at radius 2 is 1.11 bits per heavy atom. The molecule has 0 fully saturated rings. The number of nitrogens with zero attached hydrogens (tertiary/aromatic N) is 1. The number of rotatable bonds is 13. The second-order valence-corrected chi connectivity index (χ2v) is 6.00. The molecule has 1 atom stereocenters. The van der Waals surface area contributed by atoms with Gasteiger partial charge in [-0.25, -0.2) is 0 Å². The van der Waals surface area contributed by atoms with Crippen LogP contribution in [0.2, 0.25) is 0 Å². The van der Waals surface area contributed by atoms with Crippen molar-refractivity contribution < 1.29 is 0 Å². The van der Waals surface area contributed by atoms with Crippen molar-refractivity contribution >= 4 is 17.0 Å². The van der Waals surface area contributed by atoms with E-state index in [-0.39, 0.29) is 17.0 Å². The second kappa shape index (κ2) is 16.5. The molecule has 0 aromatic heterocycles. The zero-order valence-electron chi connectivity index (χ0n) is 13.9. The lowest BCUT2D eigenvalue weighted by Crippen LogP contribution is -2.26. The highest BCUT2D eigenvalue weighted by atomic mass is 79.9. The van der Waals surface area contributed by atoms with Crippen molar-refractivity contribution in [3.05, 3.63) is 0 Å². The lowest BCUT2D eigenvalue weighted by molar-refractivity contribution is 0.264. The summed E-state index contributed by atoms with van der Waals surface area (Å²) in [5.74, 6) is 0. The highest BCUT2D eigenvalue weighted by molar-refractivity contribution is 8.93. The third-order valence-corrected chi connectivity index (χ3v) is 4.09. The average molecular weight is 336 g/mol. The van der Waals surface area contributed by atoms with Crippen LogP contribution in [-0.4, -0.2) is 25.0 Å². The molecule has 2 heteroatoms. The fourth-order valence-electron chi connectivity index (χ4n) is 2.69. The fourth-order valence-corrected chi connectivity index (χ4v) is 2.69. The van der Waals surface area contributed by atoms with Crippen LogP contribution < -0.4 is 0 Å². The minimum absolute atomic E-state index is 0. The molecule has 0 heterocycles. The monoisotopic (exact) mass is 335 g/mol. The normalized spacial score (nSPS) is 12.5. The summed E-state index contributed by atoms with van der Waals surface area (Å²) in [6.45, 7) is 4.60. The van der Waals surface area contributed by atoms with Gasteiger partial charge in [0.25, 0.3) is 0 Å². The molecule has 0 bridgehead atoms. The zero-order chi connectivity index (χ0) is 13.6. The molecule has 0 aliphatic rings. The molecule has 0 saturated heterocycles. The van der Waals surface area contributed by atoms with Crippen LogP contribution in [0.1, 0.15) is 90.9 Å². The van der Waals surface area contributed by atoms with Gasteiger partial charge in [0.15, 0.2) is 0 Å². The molecule has 1 unspecified atom stereocenters. The van der Waals surface area contributed by atoms with Crippen LogP contribution in [0.3, 0.4) is 0 Å². The predicted molar refractivity (Wildman–Crippen MR) is 94.5 cm³/mol. The largest absolute Gasteiger partial charge is 0.306 e. The predicted octanol–water partition coefficient (Wildman–Crippen LogP) is 6.22. The Morgan fingerprint density at radius 3 is 1.47 bits per heavy atom. The molecule has 0 aromatic carbocycles. The van der Waals surface area contributed by atoms with Crippen molar-refractivity contribution in [2.75, 3.05) is 14.1 Å². The summed E-state index contributed by atoms with van der Waals surface area (Å²) in [4.78, 5) is 2.38. The van der Waals surface area contributed by atoms with Crippen molar-refractivity contribution in [2.24, 2.45) is 0 Å². The van der Waals surface area contributed by atoms with Gasteiger partial charge < -0.3 is 4.90 Å². The Kier molecular flexibility index (Phi) is 18.9. The van der Waals surface area contributed by atoms with E-state index >= 15 is 0 Å². The molecule has 118 valence electrons. The smallest absolute Gasteiger partial charge is 0.00865 e. The molecular formula is C17H38BrN. The fraction of sp³-hybridized carbons (Fsp3) is 1.00. The van der Waals surface area contributed by atoms with E-state index < -0.39 is 0 Å². The van der Waals surface area contributed by atoms with Gasteiger partial charge in [-0.2, -0.15) is 0 Å². The molecule has 0 saturated carbocycles. The van der Waals surface area contributed by atoms with Crippen LogP contribution in [0.5, 0.6) is 0 Å². The van der Waals surface area contributed by atoms with Crippen molar-refractivity contribution in [2.45, 2.75) is 96.9 Å². The highest BCUT2D eigenvalue weighted by Gasteiger charge is 2.07. The van der Waals surface area contributed by atoms with Gasteiger partial charge in [0.1, 0.15) is 0 Å². The van der Waals surface area contributed by atoms with Crippen LogP contribution in [-0.2, 0) is 0 Å². The van der Waals surface area contributed by atoms with Crippen molar-refractivity contribution in [1.82, 2.24) is 4.90 Å². The Morgan fingerprint density at radius 1 is 0.684 bits per heavy atom. The zero-order valence-corrected chi connectivity index (χ0v) is 15.6. The first-order valence-corrected chi connectivity index (χ1v) is 8.38. The topological polar surface area (TPSA) is 3.24 Å². The van der Waals surface area contributed by atoms with E-state index in [9.17, 15) is 0 Å². The maximum Gasteiger partial charge on any atom is 0.00865 e. The van der Waals surface area contributed by atoms with Gasteiger partial charge in [-0.3, -0.25) is 0 Å². The summed E-state index contributed by atoms with van der Waals surface area (Å²) < 4.78 is 0. The van der Waals surface area contributed by atoms with Gasteiger partial charge in [-0.05, 0) is 26.9 Å². The van der Waals surface area contributed by atoms with E-state index in [4.69, 9.17) is 0 Å². The molecule has 0 N–H and O–H groups in total. The van der Waals surface area contributed by atoms with Crippen LogP contribution in [0.25, 0.3) is 0 Å². The lowest BCUT2D eigenvalue weighted by atomic mass is 10.0. The van der Waals surface area contributed by atoms with Gasteiger partial charge in [0.2, 0.25) is 0 Å². The van der Waals surface area contributed by atoms with Gasteiger partial charge in [-0.1, -0.05) is 78.1 Å². The van der Waals surface area contributed by atoms with Crippen molar-refractivity contribution in [1.29, 1.82) is 0 Å². The first-order valence-electron chi connectivity index (χ1n) is 8.38. The van der Waals surface area contributed by atoms with E-state index in [0.29, 0.717) is 0 Å². The summed E-state index contributed by atoms with van der Waals surface area (Å²) in [5, 5.41) is 0. The van der Waals surface area contributed by atoms with E-state index in [1.165, 1.54) is 77.0 Å². The molecule has 1 nitrogen and oxygen atoms in total. The molecule has 0 spiro atoms. The first-order chi connectivity index (χ1) is 8.72. The van der Waals surface area contributed by atoms with Gasteiger partial charge in [0, 0.05) is 6.04 Å². The molecule has 0 aliphatic carbocycles. The third-order valence-electron chi connectivity index (χ3n) is 4.09. The van der Waals surface area contributed by atoms with E-state index in [2.05, 4.69) is 32.8 Å². The molecule has 0 radical (unpaired) electrons. The lowest BCUT2D eigenvalue weighted by Gasteiger charge is -2.22. The summed E-state index contributed by atoms with van der Waals surface area (Å²) in [6, 6.07) is 0.805. The number of halogens is 1. The Hall–Kier alpha value is 0.440. The standard InChI is InChI=1S/C17H37N.BrH/c1-5-7-8-9-10-11-12-13-14-15-16-17(6-2)18(3)4;/h17H,5-16H2,1-4H3;1H. The number of hydrogen-bond acceptors (Lipinski definition) is 1. The average Bonchev–Trinajstić information content (AvgIpc) is 2.35. The van der Waals surface area contributed by atoms with Crippen LogP contribution in [0, 0.1) is 0 Å². The maximum absolute atomic E-state index is 2.38. The van der Waals surface area contributed by atoms with E-state index in [1.54, 1.807) is 0 Å². The number of unbranched alkanes of at least 4 members (excludes halogenated alkanes) is 9. The summed E-state index contributed by atoms with van der Waals surface area (Å²) >= 11 is 0. The first kappa shape index (κ1) is 21.7. The van der Waals surface area contributed by atoms with Gasteiger partial charge in [-0.15, -0.1) is 17.0 Å². The van der Waals surface area contributed by atoms with E-state index in [1.807, 2.05) is 0 Å². The molecule has 0 amide bonds. The second-order valence-electron chi connectivity index (χ2n) is 6.00. The van der Waals surface area contributed by atoms with Gasteiger partial charge in [0.05, 0.1) is 0 Å². The summed E-state index contributed by atoms with van der Waals surface area (Å²) in [6.07, 6.45) is 17.1. The molecule has 0 aromatic rings. The molecule has 19 heavy (non-hydrogen) atoms. The maximum atomic E-state index is 2.38. The molecular weight excluding hydrogens is 298 g/mol. The summed E-state index contributed by atoms with van der Waals surface area (Å²) in [7, 11) is 4.43. The quantitative estimate of drug-likeness (QED) is 0.361. The van der Waals surface area contributed by atoms with Crippen LogP contribution in [0.15, 0.2) is 0 Å². The molecule has 0 aliphatic heterocycles. The van der Waals surface area contributed by atoms with Crippen LogP contribution in [0.4, 0.5) is 0 Å².